The Morgan fingerprint density at radius 3 is 3.00 bits per heavy atom. The molecule has 1 aromatic heterocycles. The molecular formula is C12H17ClN4O. The van der Waals surface area contributed by atoms with Gasteiger partial charge in [0.15, 0.2) is 10.8 Å². The number of carbonyl (C=O) groups is 1. The standard InChI is InChI=1S/C12H17ClN4O/c1-2-17-6-5-9(8-17)7-14-12(18)10-3-4-11(13)16-15-10/h3-4,9H,2,5-8H2,1H3,(H,14,18). The molecule has 18 heavy (non-hydrogen) atoms. The van der Waals surface area contributed by atoms with E-state index in [9.17, 15) is 4.79 Å². The number of aromatic nitrogens is 2. The number of hydrogen-bond donors (Lipinski definition) is 1. The van der Waals surface area contributed by atoms with Gasteiger partial charge >= 0.3 is 0 Å². The van der Waals surface area contributed by atoms with Gasteiger partial charge in [0.1, 0.15) is 0 Å². The van der Waals surface area contributed by atoms with Crippen molar-refractivity contribution in [3.8, 4) is 0 Å². The molecule has 1 unspecified atom stereocenters. The molecule has 6 heteroatoms. The summed E-state index contributed by atoms with van der Waals surface area (Å²) >= 11 is 5.62. The maximum absolute atomic E-state index is 11.8. The van der Waals surface area contributed by atoms with Gasteiger partial charge in [-0.05, 0) is 37.6 Å². The largest absolute Gasteiger partial charge is 0.350 e. The normalized spacial score (nSPS) is 20.0. The van der Waals surface area contributed by atoms with E-state index in [4.69, 9.17) is 11.6 Å². The summed E-state index contributed by atoms with van der Waals surface area (Å²) in [6.07, 6.45) is 1.14. The summed E-state index contributed by atoms with van der Waals surface area (Å²) in [4.78, 5) is 14.2. The topological polar surface area (TPSA) is 58.1 Å². The Hall–Kier alpha value is -1.20. The van der Waals surface area contributed by atoms with E-state index in [0.29, 0.717) is 23.3 Å². The van der Waals surface area contributed by atoms with Gasteiger partial charge in [-0.2, -0.15) is 0 Å². The Labute approximate surface area is 112 Å². The highest BCUT2D eigenvalue weighted by molar-refractivity contribution is 6.29. The molecule has 0 spiro atoms. The summed E-state index contributed by atoms with van der Waals surface area (Å²) in [6.45, 7) is 6.11. The van der Waals surface area contributed by atoms with Crippen molar-refractivity contribution in [2.75, 3.05) is 26.2 Å². The second-order valence-corrected chi connectivity index (χ2v) is 4.89. The van der Waals surface area contributed by atoms with E-state index in [0.717, 1.165) is 26.1 Å². The number of nitrogens with zero attached hydrogens (tertiary/aromatic N) is 3. The number of nitrogens with one attached hydrogen (secondary N) is 1. The molecule has 1 atom stereocenters. The predicted octanol–water partition coefficient (Wildman–Crippen LogP) is 1.20. The van der Waals surface area contributed by atoms with Crippen molar-refractivity contribution < 1.29 is 4.79 Å². The summed E-state index contributed by atoms with van der Waals surface area (Å²) in [5.41, 5.74) is 0.310. The van der Waals surface area contributed by atoms with Crippen LogP contribution in [0.15, 0.2) is 12.1 Å². The lowest BCUT2D eigenvalue weighted by atomic mass is 10.1. The molecule has 1 aliphatic heterocycles. The zero-order chi connectivity index (χ0) is 13.0. The van der Waals surface area contributed by atoms with Gasteiger partial charge in [0, 0.05) is 13.1 Å². The third-order valence-corrected chi connectivity index (χ3v) is 3.43. The SMILES string of the molecule is CCN1CCC(CNC(=O)c2ccc(Cl)nn2)C1. The zero-order valence-corrected chi connectivity index (χ0v) is 11.2. The van der Waals surface area contributed by atoms with Gasteiger partial charge < -0.3 is 10.2 Å². The molecule has 1 saturated heterocycles. The average Bonchev–Trinajstić information content (AvgIpc) is 2.85. The van der Waals surface area contributed by atoms with E-state index >= 15 is 0 Å². The van der Waals surface area contributed by atoms with E-state index in [1.54, 1.807) is 12.1 Å². The van der Waals surface area contributed by atoms with Crippen LogP contribution in [0.2, 0.25) is 5.15 Å². The molecule has 1 aliphatic rings. The number of hydrogen-bond acceptors (Lipinski definition) is 4. The van der Waals surface area contributed by atoms with Crippen molar-refractivity contribution in [2.24, 2.45) is 5.92 Å². The maximum atomic E-state index is 11.8. The molecule has 0 aromatic carbocycles. The van der Waals surface area contributed by atoms with Crippen LogP contribution in [0.4, 0.5) is 0 Å². The fraction of sp³-hybridized carbons (Fsp3) is 0.583. The second kappa shape index (κ2) is 6.11. The lowest BCUT2D eigenvalue weighted by Gasteiger charge is -2.13. The van der Waals surface area contributed by atoms with E-state index in [1.165, 1.54) is 0 Å². The van der Waals surface area contributed by atoms with Crippen LogP contribution in [0.1, 0.15) is 23.8 Å². The molecule has 2 heterocycles. The number of likely N-dealkylation sites (tertiary alicyclic amines) is 1. The zero-order valence-electron chi connectivity index (χ0n) is 10.4. The number of rotatable bonds is 4. The molecule has 1 amide bonds. The molecule has 1 fully saturated rings. The fourth-order valence-corrected chi connectivity index (χ4v) is 2.23. The minimum atomic E-state index is -0.186. The Balaban J connectivity index is 1.80. The number of amides is 1. The van der Waals surface area contributed by atoms with Crippen LogP contribution in [0.5, 0.6) is 0 Å². The van der Waals surface area contributed by atoms with Crippen molar-refractivity contribution in [1.29, 1.82) is 0 Å². The van der Waals surface area contributed by atoms with E-state index in [1.807, 2.05) is 0 Å². The number of halogens is 1. The third kappa shape index (κ3) is 3.40. The first-order chi connectivity index (χ1) is 8.69. The minimum absolute atomic E-state index is 0.186. The first-order valence-electron chi connectivity index (χ1n) is 6.19. The highest BCUT2D eigenvalue weighted by Crippen LogP contribution is 2.14. The van der Waals surface area contributed by atoms with Gasteiger partial charge in [-0.15, -0.1) is 10.2 Å². The molecule has 0 bridgehead atoms. The minimum Gasteiger partial charge on any atom is -0.350 e. The van der Waals surface area contributed by atoms with Crippen molar-refractivity contribution in [2.45, 2.75) is 13.3 Å². The van der Waals surface area contributed by atoms with Crippen LogP contribution in [0, 0.1) is 5.92 Å². The molecular weight excluding hydrogens is 252 g/mol. The Morgan fingerprint density at radius 2 is 2.39 bits per heavy atom. The van der Waals surface area contributed by atoms with Crippen LogP contribution in [0.3, 0.4) is 0 Å². The van der Waals surface area contributed by atoms with Gasteiger partial charge in [-0.1, -0.05) is 18.5 Å². The Bertz CT molecular complexity index is 409. The summed E-state index contributed by atoms with van der Waals surface area (Å²) in [5.74, 6) is 0.350. The van der Waals surface area contributed by atoms with E-state index < -0.39 is 0 Å². The summed E-state index contributed by atoms with van der Waals surface area (Å²) in [5, 5.41) is 10.6. The number of carbonyl (C=O) groups excluding carboxylic acids is 1. The van der Waals surface area contributed by atoms with Gasteiger partial charge in [0.05, 0.1) is 0 Å². The van der Waals surface area contributed by atoms with Crippen molar-refractivity contribution in [1.82, 2.24) is 20.4 Å². The van der Waals surface area contributed by atoms with Gasteiger partial charge in [0.2, 0.25) is 0 Å². The predicted molar refractivity (Wildman–Crippen MR) is 69.6 cm³/mol. The van der Waals surface area contributed by atoms with Crippen LogP contribution < -0.4 is 5.32 Å². The summed E-state index contributed by atoms with van der Waals surface area (Å²) in [7, 11) is 0. The summed E-state index contributed by atoms with van der Waals surface area (Å²) in [6, 6.07) is 3.15. The first-order valence-corrected chi connectivity index (χ1v) is 6.56. The Morgan fingerprint density at radius 1 is 1.56 bits per heavy atom. The average molecular weight is 269 g/mol. The van der Waals surface area contributed by atoms with Gasteiger partial charge in [0.25, 0.3) is 5.91 Å². The van der Waals surface area contributed by atoms with Crippen molar-refractivity contribution in [3.05, 3.63) is 23.0 Å². The van der Waals surface area contributed by atoms with Crippen LogP contribution in [-0.2, 0) is 0 Å². The van der Waals surface area contributed by atoms with Crippen molar-refractivity contribution in [3.63, 3.8) is 0 Å². The van der Waals surface area contributed by atoms with Gasteiger partial charge in [-0.25, -0.2) is 0 Å². The van der Waals surface area contributed by atoms with E-state index in [2.05, 4.69) is 27.3 Å². The fourth-order valence-electron chi connectivity index (χ4n) is 2.13. The molecule has 2 rings (SSSR count). The second-order valence-electron chi connectivity index (χ2n) is 4.50. The van der Waals surface area contributed by atoms with Crippen molar-refractivity contribution >= 4 is 17.5 Å². The molecule has 98 valence electrons. The lowest BCUT2D eigenvalue weighted by molar-refractivity contribution is 0.0941. The van der Waals surface area contributed by atoms with Crippen LogP contribution >= 0.6 is 11.6 Å². The maximum Gasteiger partial charge on any atom is 0.271 e. The molecule has 1 aromatic rings. The quantitative estimate of drug-likeness (QED) is 0.892. The molecule has 1 N–H and O–H groups in total. The van der Waals surface area contributed by atoms with E-state index in [-0.39, 0.29) is 5.91 Å². The Kier molecular flexibility index (Phi) is 4.49. The highest BCUT2D eigenvalue weighted by Gasteiger charge is 2.21. The molecule has 0 aliphatic carbocycles. The third-order valence-electron chi connectivity index (χ3n) is 3.23. The van der Waals surface area contributed by atoms with Crippen LogP contribution in [0.25, 0.3) is 0 Å². The molecule has 0 saturated carbocycles. The monoisotopic (exact) mass is 268 g/mol. The van der Waals surface area contributed by atoms with Gasteiger partial charge in [-0.3, -0.25) is 4.79 Å². The van der Waals surface area contributed by atoms with Crippen LogP contribution in [-0.4, -0.2) is 47.2 Å². The highest BCUT2D eigenvalue weighted by atomic mass is 35.5. The smallest absolute Gasteiger partial charge is 0.271 e. The summed E-state index contributed by atoms with van der Waals surface area (Å²) < 4.78 is 0. The lowest BCUT2D eigenvalue weighted by Crippen LogP contribution is -2.31. The first kappa shape index (κ1) is 13.2. The molecule has 0 radical (unpaired) electrons. The molecule has 5 nitrogen and oxygen atoms in total.